The summed E-state index contributed by atoms with van der Waals surface area (Å²) in [4.78, 5) is 0. The SMILES string of the molecule is CCNC(C)CCNC(C)(C)CCNCC(F)(F)F. The normalized spacial score (nSPS) is 14.7. The second-order valence-electron chi connectivity index (χ2n) is 5.60. The van der Waals surface area contributed by atoms with Crippen LogP contribution in [0.1, 0.15) is 40.5 Å². The van der Waals surface area contributed by atoms with Crippen LogP contribution in [0.5, 0.6) is 0 Å². The van der Waals surface area contributed by atoms with Gasteiger partial charge in [0.2, 0.25) is 0 Å². The summed E-state index contributed by atoms with van der Waals surface area (Å²) < 4.78 is 35.9. The Bertz CT molecular complexity index is 230. The number of hydrogen-bond donors (Lipinski definition) is 3. The van der Waals surface area contributed by atoms with Crippen LogP contribution < -0.4 is 16.0 Å². The maximum absolute atomic E-state index is 12.0. The zero-order valence-electron chi connectivity index (χ0n) is 12.5. The summed E-state index contributed by atoms with van der Waals surface area (Å²) in [5.74, 6) is 0. The Labute approximate surface area is 114 Å². The first-order valence-electron chi connectivity index (χ1n) is 6.92. The van der Waals surface area contributed by atoms with Crippen LogP contribution in [-0.4, -0.2) is 43.9 Å². The van der Waals surface area contributed by atoms with Crippen molar-refractivity contribution in [2.45, 2.75) is 58.3 Å². The van der Waals surface area contributed by atoms with Crippen molar-refractivity contribution in [2.24, 2.45) is 0 Å². The fraction of sp³-hybridized carbons (Fsp3) is 1.00. The summed E-state index contributed by atoms with van der Waals surface area (Å²) in [6.45, 7) is 9.48. The zero-order chi connectivity index (χ0) is 14.9. The number of hydrogen-bond acceptors (Lipinski definition) is 3. The third kappa shape index (κ3) is 12.4. The summed E-state index contributed by atoms with van der Waals surface area (Å²) >= 11 is 0. The van der Waals surface area contributed by atoms with Crippen molar-refractivity contribution in [2.75, 3.05) is 26.2 Å². The van der Waals surface area contributed by atoms with E-state index in [0.717, 1.165) is 19.5 Å². The average Bonchev–Trinajstić information content (AvgIpc) is 2.23. The molecule has 0 heterocycles. The molecule has 1 atom stereocenters. The molecule has 0 saturated heterocycles. The van der Waals surface area contributed by atoms with Gasteiger partial charge in [0.1, 0.15) is 0 Å². The van der Waals surface area contributed by atoms with E-state index in [2.05, 4.69) is 29.8 Å². The Balaban J connectivity index is 3.68. The molecule has 0 aliphatic rings. The van der Waals surface area contributed by atoms with Gasteiger partial charge in [0.05, 0.1) is 6.54 Å². The molecular formula is C13H28F3N3. The van der Waals surface area contributed by atoms with Crippen LogP contribution in [0, 0.1) is 0 Å². The number of halogens is 3. The van der Waals surface area contributed by atoms with Crippen molar-refractivity contribution in [1.82, 2.24) is 16.0 Å². The largest absolute Gasteiger partial charge is 0.401 e. The van der Waals surface area contributed by atoms with E-state index >= 15 is 0 Å². The van der Waals surface area contributed by atoms with Gasteiger partial charge in [0.25, 0.3) is 0 Å². The Morgan fingerprint density at radius 1 is 1.11 bits per heavy atom. The highest BCUT2D eigenvalue weighted by molar-refractivity contribution is 4.79. The lowest BCUT2D eigenvalue weighted by atomic mass is 10.0. The molecule has 3 nitrogen and oxygen atoms in total. The molecule has 0 bridgehead atoms. The highest BCUT2D eigenvalue weighted by Gasteiger charge is 2.26. The van der Waals surface area contributed by atoms with Crippen molar-refractivity contribution in [3.05, 3.63) is 0 Å². The first kappa shape index (κ1) is 18.7. The fourth-order valence-electron chi connectivity index (χ4n) is 1.80. The predicted octanol–water partition coefficient (Wildman–Crippen LogP) is 2.28. The lowest BCUT2D eigenvalue weighted by Gasteiger charge is -2.27. The summed E-state index contributed by atoms with van der Waals surface area (Å²) in [6, 6.07) is 0.455. The third-order valence-electron chi connectivity index (χ3n) is 2.99. The maximum atomic E-state index is 12.0. The summed E-state index contributed by atoms with van der Waals surface area (Å²) in [6.07, 6.45) is -2.45. The minimum absolute atomic E-state index is 0.148. The van der Waals surface area contributed by atoms with Gasteiger partial charge >= 0.3 is 6.18 Å². The second kappa shape index (κ2) is 8.76. The topological polar surface area (TPSA) is 36.1 Å². The molecule has 116 valence electrons. The van der Waals surface area contributed by atoms with Crippen molar-refractivity contribution < 1.29 is 13.2 Å². The van der Waals surface area contributed by atoms with Gasteiger partial charge in [-0.1, -0.05) is 6.92 Å². The molecule has 1 unspecified atom stereocenters. The highest BCUT2D eigenvalue weighted by Crippen LogP contribution is 2.13. The van der Waals surface area contributed by atoms with E-state index in [0.29, 0.717) is 19.0 Å². The number of alkyl halides is 3. The van der Waals surface area contributed by atoms with E-state index in [-0.39, 0.29) is 5.54 Å². The Morgan fingerprint density at radius 2 is 1.74 bits per heavy atom. The molecular weight excluding hydrogens is 255 g/mol. The lowest BCUT2D eigenvalue weighted by molar-refractivity contribution is -0.124. The Morgan fingerprint density at radius 3 is 2.26 bits per heavy atom. The van der Waals surface area contributed by atoms with Crippen LogP contribution in [0.4, 0.5) is 13.2 Å². The number of rotatable bonds is 10. The van der Waals surface area contributed by atoms with Gasteiger partial charge in [0.15, 0.2) is 0 Å². The predicted molar refractivity (Wildman–Crippen MR) is 73.4 cm³/mol. The van der Waals surface area contributed by atoms with Gasteiger partial charge in [-0.25, -0.2) is 0 Å². The van der Waals surface area contributed by atoms with E-state index in [1.807, 2.05) is 13.8 Å². The highest BCUT2D eigenvalue weighted by atomic mass is 19.4. The molecule has 0 aromatic carbocycles. The molecule has 0 saturated carbocycles. The van der Waals surface area contributed by atoms with Gasteiger partial charge in [0, 0.05) is 11.6 Å². The molecule has 0 radical (unpaired) electrons. The second-order valence-corrected chi connectivity index (χ2v) is 5.60. The minimum atomic E-state index is -4.13. The van der Waals surface area contributed by atoms with E-state index in [1.165, 1.54) is 0 Å². The molecule has 19 heavy (non-hydrogen) atoms. The molecule has 0 aromatic heterocycles. The lowest BCUT2D eigenvalue weighted by Crippen LogP contribution is -2.44. The fourth-order valence-corrected chi connectivity index (χ4v) is 1.80. The van der Waals surface area contributed by atoms with Gasteiger partial charge in [-0.05, 0) is 53.2 Å². The van der Waals surface area contributed by atoms with E-state index in [9.17, 15) is 13.2 Å². The van der Waals surface area contributed by atoms with Crippen molar-refractivity contribution in [1.29, 1.82) is 0 Å². The van der Waals surface area contributed by atoms with Crippen LogP contribution in [0.25, 0.3) is 0 Å². The van der Waals surface area contributed by atoms with Gasteiger partial charge in [-0.15, -0.1) is 0 Å². The molecule has 0 spiro atoms. The van der Waals surface area contributed by atoms with Gasteiger partial charge in [-0.2, -0.15) is 13.2 Å². The van der Waals surface area contributed by atoms with Crippen molar-refractivity contribution >= 4 is 0 Å². The first-order chi connectivity index (χ1) is 8.66. The Hall–Kier alpha value is -0.330. The quantitative estimate of drug-likeness (QED) is 0.538. The van der Waals surface area contributed by atoms with Gasteiger partial charge in [-0.3, -0.25) is 0 Å². The van der Waals surface area contributed by atoms with E-state index < -0.39 is 12.7 Å². The van der Waals surface area contributed by atoms with E-state index in [1.54, 1.807) is 0 Å². The monoisotopic (exact) mass is 283 g/mol. The molecule has 0 aliphatic heterocycles. The van der Waals surface area contributed by atoms with Crippen molar-refractivity contribution in [3.8, 4) is 0 Å². The first-order valence-corrected chi connectivity index (χ1v) is 6.92. The van der Waals surface area contributed by atoms with Crippen LogP contribution in [0.3, 0.4) is 0 Å². The minimum Gasteiger partial charge on any atom is -0.314 e. The molecule has 0 amide bonds. The van der Waals surface area contributed by atoms with Crippen LogP contribution in [-0.2, 0) is 0 Å². The van der Waals surface area contributed by atoms with E-state index in [4.69, 9.17) is 0 Å². The summed E-state index contributed by atoms with van der Waals surface area (Å²) in [5.41, 5.74) is -0.148. The van der Waals surface area contributed by atoms with Crippen LogP contribution >= 0.6 is 0 Å². The van der Waals surface area contributed by atoms with Crippen LogP contribution in [0.2, 0.25) is 0 Å². The molecule has 3 N–H and O–H groups in total. The maximum Gasteiger partial charge on any atom is 0.401 e. The molecule has 0 aliphatic carbocycles. The van der Waals surface area contributed by atoms with Gasteiger partial charge < -0.3 is 16.0 Å². The molecule has 0 rings (SSSR count). The standard InChI is InChI=1S/C13H28F3N3/c1-5-18-11(2)6-8-19-12(3,4)7-9-17-10-13(14,15)16/h11,17-19H,5-10H2,1-4H3. The molecule has 6 heteroatoms. The molecule has 0 fully saturated rings. The van der Waals surface area contributed by atoms with Crippen LogP contribution in [0.15, 0.2) is 0 Å². The van der Waals surface area contributed by atoms with Crippen molar-refractivity contribution in [3.63, 3.8) is 0 Å². The summed E-state index contributed by atoms with van der Waals surface area (Å²) in [5, 5.41) is 9.13. The smallest absolute Gasteiger partial charge is 0.314 e. The number of nitrogens with one attached hydrogen (secondary N) is 3. The average molecular weight is 283 g/mol. The third-order valence-corrected chi connectivity index (χ3v) is 2.99. The zero-order valence-corrected chi connectivity index (χ0v) is 12.5. The summed E-state index contributed by atoms with van der Waals surface area (Å²) in [7, 11) is 0. The molecule has 0 aromatic rings. The Kier molecular flexibility index (Phi) is 8.61.